The summed E-state index contributed by atoms with van der Waals surface area (Å²) in [6, 6.07) is 5.13. The Hall–Kier alpha value is -2.38. The molecule has 0 radical (unpaired) electrons. The molecule has 1 atom stereocenters. The molecule has 4 rings (SSSR count). The minimum absolute atomic E-state index is 0.0918. The first-order valence-corrected chi connectivity index (χ1v) is 9.97. The predicted octanol–water partition coefficient (Wildman–Crippen LogP) is 3.68. The quantitative estimate of drug-likeness (QED) is 0.700. The van der Waals surface area contributed by atoms with Gasteiger partial charge in [-0.25, -0.2) is 9.67 Å². The second kappa shape index (κ2) is 7.56. The lowest BCUT2D eigenvalue weighted by Gasteiger charge is -2.23. The third-order valence-corrected chi connectivity index (χ3v) is 5.63. The highest BCUT2D eigenvalue weighted by Gasteiger charge is 2.27. The fourth-order valence-electron chi connectivity index (χ4n) is 3.62. The highest BCUT2D eigenvalue weighted by Crippen LogP contribution is 2.30. The largest absolute Gasteiger partial charge is 0.342 e. The molecule has 1 N–H and O–H groups in total. The van der Waals surface area contributed by atoms with Crippen molar-refractivity contribution >= 4 is 29.1 Å². The van der Waals surface area contributed by atoms with Crippen LogP contribution in [0.25, 0.3) is 5.69 Å². The van der Waals surface area contributed by atoms with Crippen molar-refractivity contribution < 1.29 is 4.79 Å². The molecule has 3 aromatic rings. The third-order valence-electron chi connectivity index (χ3n) is 5.02. The van der Waals surface area contributed by atoms with Crippen LogP contribution in [0.15, 0.2) is 24.4 Å². The summed E-state index contributed by atoms with van der Waals surface area (Å²) in [5, 5.41) is 12.7. The van der Waals surface area contributed by atoms with E-state index in [1.54, 1.807) is 22.9 Å². The Morgan fingerprint density at radius 1 is 1.32 bits per heavy atom. The highest BCUT2D eigenvalue weighted by atomic mass is 35.5. The van der Waals surface area contributed by atoms with Gasteiger partial charge in [0.05, 0.1) is 22.3 Å². The molecule has 1 unspecified atom stereocenters. The lowest BCUT2D eigenvalue weighted by atomic mass is 9.93. The topological polar surface area (TPSA) is 77.6 Å². The number of halogens is 2. The van der Waals surface area contributed by atoms with E-state index >= 15 is 0 Å². The molecule has 28 heavy (non-hydrogen) atoms. The van der Waals surface area contributed by atoms with E-state index in [-0.39, 0.29) is 17.8 Å². The van der Waals surface area contributed by atoms with Gasteiger partial charge in [0.2, 0.25) is 5.82 Å². The molecule has 2 heterocycles. The lowest BCUT2D eigenvalue weighted by molar-refractivity contribution is 0.0922. The first kappa shape index (κ1) is 19.0. The lowest BCUT2D eigenvalue weighted by Crippen LogP contribution is -2.31. The van der Waals surface area contributed by atoms with E-state index in [0.29, 0.717) is 28.0 Å². The minimum Gasteiger partial charge on any atom is -0.342 e. The van der Waals surface area contributed by atoms with E-state index in [9.17, 15) is 4.79 Å². The van der Waals surface area contributed by atoms with Crippen LogP contribution in [0, 0.1) is 0 Å². The zero-order chi connectivity index (χ0) is 19.8. The molecule has 1 amide bonds. The fraction of sp³-hybridized carbons (Fsp3) is 0.368. The molecule has 0 saturated heterocycles. The summed E-state index contributed by atoms with van der Waals surface area (Å²) >= 11 is 12.6. The summed E-state index contributed by atoms with van der Waals surface area (Å²) in [5.41, 5.74) is 2.75. The van der Waals surface area contributed by atoms with Gasteiger partial charge in [0.1, 0.15) is 11.5 Å². The number of aryl methyl sites for hydroxylation is 2. The van der Waals surface area contributed by atoms with Gasteiger partial charge < -0.3 is 5.32 Å². The summed E-state index contributed by atoms with van der Waals surface area (Å²) in [6.45, 7) is 1.94. The molecule has 7 nitrogen and oxygen atoms in total. The molecular formula is C19H20Cl2N6O. The van der Waals surface area contributed by atoms with Gasteiger partial charge in [0.25, 0.3) is 5.91 Å². The number of nitrogens with one attached hydrogen (secondary N) is 1. The summed E-state index contributed by atoms with van der Waals surface area (Å²) in [5.74, 6) is 0.396. The van der Waals surface area contributed by atoms with Crippen molar-refractivity contribution in [3.63, 3.8) is 0 Å². The molecule has 0 fully saturated rings. The molecule has 0 spiro atoms. The summed E-state index contributed by atoms with van der Waals surface area (Å²) < 4.78 is 3.42. The zero-order valence-electron chi connectivity index (χ0n) is 15.6. The molecule has 1 aliphatic rings. The fourth-order valence-corrected chi connectivity index (χ4v) is 4.18. The predicted molar refractivity (Wildman–Crippen MR) is 107 cm³/mol. The average Bonchev–Trinajstić information content (AvgIpc) is 3.27. The summed E-state index contributed by atoms with van der Waals surface area (Å²) in [4.78, 5) is 17.3. The van der Waals surface area contributed by atoms with Crippen LogP contribution in [-0.2, 0) is 19.9 Å². The van der Waals surface area contributed by atoms with Crippen molar-refractivity contribution in [2.75, 3.05) is 0 Å². The number of para-hydroxylation sites is 1. The van der Waals surface area contributed by atoms with Crippen LogP contribution < -0.4 is 5.32 Å². The molecule has 0 bridgehead atoms. The van der Waals surface area contributed by atoms with E-state index in [1.165, 1.54) is 0 Å². The Morgan fingerprint density at radius 2 is 2.07 bits per heavy atom. The maximum Gasteiger partial charge on any atom is 0.291 e. The second-order valence-electron chi connectivity index (χ2n) is 6.78. The number of fused-ring (bicyclic) bond motifs is 1. The van der Waals surface area contributed by atoms with Gasteiger partial charge in [-0.05, 0) is 31.4 Å². The van der Waals surface area contributed by atoms with Crippen molar-refractivity contribution in [1.29, 1.82) is 0 Å². The van der Waals surface area contributed by atoms with Gasteiger partial charge in [-0.2, -0.15) is 5.10 Å². The molecule has 1 aliphatic carbocycles. The number of aromatic nitrogens is 5. The normalized spacial score (nSPS) is 16.1. The van der Waals surface area contributed by atoms with Gasteiger partial charge in [-0.3, -0.25) is 9.48 Å². The van der Waals surface area contributed by atoms with E-state index in [0.717, 1.165) is 30.5 Å². The minimum atomic E-state index is -0.321. The molecule has 146 valence electrons. The number of hydrogen-bond donors (Lipinski definition) is 1. The Kier molecular flexibility index (Phi) is 5.12. The van der Waals surface area contributed by atoms with Crippen LogP contribution in [0.1, 0.15) is 53.5 Å². The third kappa shape index (κ3) is 3.29. The number of amides is 1. The number of nitrogens with zero attached hydrogens (tertiary/aromatic N) is 5. The SMILES string of the molecule is CCc1nc(C(=O)NC2CCCc3c2cnn3C)nn1-c1c(Cl)cccc1Cl. The monoisotopic (exact) mass is 418 g/mol. The summed E-state index contributed by atoms with van der Waals surface area (Å²) in [7, 11) is 1.92. The van der Waals surface area contributed by atoms with Gasteiger partial charge in [0.15, 0.2) is 0 Å². The molecule has 2 aromatic heterocycles. The number of benzene rings is 1. The van der Waals surface area contributed by atoms with E-state index in [2.05, 4.69) is 20.5 Å². The standard InChI is InChI=1S/C19H20Cl2N6O/c1-3-16-24-18(25-27(16)17-12(20)6-4-7-13(17)21)19(28)23-14-8-5-9-15-11(14)10-22-26(15)2/h4,6-7,10,14H,3,5,8-9H2,1-2H3,(H,23,28). The average molecular weight is 419 g/mol. The van der Waals surface area contributed by atoms with Gasteiger partial charge in [-0.15, -0.1) is 5.10 Å². The number of carbonyl (C=O) groups is 1. The van der Waals surface area contributed by atoms with Crippen molar-refractivity contribution in [2.24, 2.45) is 7.05 Å². The van der Waals surface area contributed by atoms with E-state index in [4.69, 9.17) is 23.2 Å². The summed E-state index contributed by atoms with van der Waals surface area (Å²) in [6.07, 6.45) is 5.23. The maximum atomic E-state index is 12.9. The molecule has 9 heteroatoms. The van der Waals surface area contributed by atoms with Crippen LogP contribution >= 0.6 is 23.2 Å². The van der Waals surface area contributed by atoms with Gasteiger partial charge in [-0.1, -0.05) is 36.2 Å². The Morgan fingerprint density at radius 3 is 2.79 bits per heavy atom. The van der Waals surface area contributed by atoms with Crippen molar-refractivity contribution in [3.05, 3.63) is 57.3 Å². The molecule has 0 saturated carbocycles. The molecule has 0 aliphatic heterocycles. The Bertz CT molecular complexity index is 1020. The first-order chi connectivity index (χ1) is 13.5. The van der Waals surface area contributed by atoms with Crippen LogP contribution in [0.2, 0.25) is 10.0 Å². The van der Waals surface area contributed by atoms with Gasteiger partial charge >= 0.3 is 0 Å². The van der Waals surface area contributed by atoms with Crippen molar-refractivity contribution in [2.45, 2.75) is 38.6 Å². The van der Waals surface area contributed by atoms with Crippen molar-refractivity contribution in [3.8, 4) is 5.69 Å². The van der Waals surface area contributed by atoms with Crippen LogP contribution in [0.4, 0.5) is 0 Å². The molecular weight excluding hydrogens is 399 g/mol. The van der Waals surface area contributed by atoms with Crippen LogP contribution in [0.3, 0.4) is 0 Å². The number of hydrogen-bond acceptors (Lipinski definition) is 4. The Balaban J connectivity index is 1.64. The number of carbonyl (C=O) groups excluding carboxylic acids is 1. The van der Waals surface area contributed by atoms with E-state index < -0.39 is 0 Å². The van der Waals surface area contributed by atoms with E-state index in [1.807, 2.05) is 24.9 Å². The smallest absolute Gasteiger partial charge is 0.291 e. The highest BCUT2D eigenvalue weighted by molar-refractivity contribution is 6.37. The number of rotatable bonds is 4. The van der Waals surface area contributed by atoms with Crippen LogP contribution in [-0.4, -0.2) is 30.5 Å². The maximum absolute atomic E-state index is 12.9. The van der Waals surface area contributed by atoms with Crippen molar-refractivity contribution in [1.82, 2.24) is 29.9 Å². The van der Waals surface area contributed by atoms with Gasteiger partial charge in [0, 0.05) is 24.7 Å². The zero-order valence-corrected chi connectivity index (χ0v) is 17.1. The second-order valence-corrected chi connectivity index (χ2v) is 7.59. The van der Waals surface area contributed by atoms with Crippen LogP contribution in [0.5, 0.6) is 0 Å². The Labute approximate surface area is 172 Å². The molecule has 1 aromatic carbocycles. The first-order valence-electron chi connectivity index (χ1n) is 9.21.